The summed E-state index contributed by atoms with van der Waals surface area (Å²) in [5, 5.41) is 1.70. The van der Waals surface area contributed by atoms with Gasteiger partial charge in [-0.05, 0) is 135 Å². The first-order valence-electron chi connectivity index (χ1n) is 11.9. The van der Waals surface area contributed by atoms with Gasteiger partial charge in [-0.1, -0.05) is 21.8 Å². The summed E-state index contributed by atoms with van der Waals surface area (Å²) in [7, 11) is 0.230. The molecule has 0 aromatic carbocycles. The van der Waals surface area contributed by atoms with Crippen LogP contribution in [-0.2, 0) is 0 Å². The molecule has 1 unspecified atom stereocenters. The van der Waals surface area contributed by atoms with Crippen molar-refractivity contribution in [2.24, 2.45) is 35.5 Å². The van der Waals surface area contributed by atoms with E-state index >= 15 is 0 Å². The maximum atomic E-state index is 2.71. The average Bonchev–Trinajstić information content (AvgIpc) is 2.51. The minimum Gasteiger partial charge on any atom is -0.0910 e. The molecule has 0 aromatic heterocycles. The van der Waals surface area contributed by atoms with E-state index in [4.69, 9.17) is 0 Å². The third-order valence-corrected chi connectivity index (χ3v) is 14.5. The standard InChI is InChI=1S/C24H39P/c1-3-16(2)25(23-10-17-4-18(11-23)6-19(5-17)12-23)24-13-20-7-21(14-24)9-22(8-20)15-24/h16-22H,3-15H2,1-2H3. The van der Waals surface area contributed by atoms with Gasteiger partial charge in [-0.25, -0.2) is 0 Å². The van der Waals surface area contributed by atoms with Gasteiger partial charge in [0, 0.05) is 0 Å². The van der Waals surface area contributed by atoms with Crippen LogP contribution in [0.15, 0.2) is 0 Å². The zero-order valence-electron chi connectivity index (χ0n) is 16.7. The Morgan fingerprint density at radius 2 is 0.920 bits per heavy atom. The number of rotatable bonds is 4. The highest BCUT2D eigenvalue weighted by molar-refractivity contribution is 7.61. The second-order valence-corrected chi connectivity index (χ2v) is 15.4. The van der Waals surface area contributed by atoms with Gasteiger partial charge in [-0.15, -0.1) is 0 Å². The van der Waals surface area contributed by atoms with Crippen molar-refractivity contribution in [3.05, 3.63) is 0 Å². The zero-order valence-corrected chi connectivity index (χ0v) is 17.6. The van der Waals surface area contributed by atoms with Crippen molar-refractivity contribution in [1.29, 1.82) is 0 Å². The van der Waals surface area contributed by atoms with Gasteiger partial charge in [0.1, 0.15) is 0 Å². The first kappa shape index (κ1) is 16.4. The van der Waals surface area contributed by atoms with Crippen LogP contribution in [0.4, 0.5) is 0 Å². The maximum absolute atomic E-state index is 2.71. The Morgan fingerprint density at radius 3 is 1.16 bits per heavy atom. The molecule has 1 atom stereocenters. The highest BCUT2D eigenvalue weighted by Crippen LogP contribution is 2.80. The van der Waals surface area contributed by atoms with E-state index in [1.54, 1.807) is 77.0 Å². The second kappa shape index (κ2) is 5.49. The monoisotopic (exact) mass is 358 g/mol. The Morgan fingerprint density at radius 1 is 0.640 bits per heavy atom. The van der Waals surface area contributed by atoms with Crippen LogP contribution in [0, 0.1) is 35.5 Å². The van der Waals surface area contributed by atoms with Crippen molar-refractivity contribution >= 4 is 7.92 Å². The fraction of sp³-hybridized carbons (Fsp3) is 1.00. The van der Waals surface area contributed by atoms with Gasteiger partial charge in [0.2, 0.25) is 0 Å². The Labute approximate surface area is 157 Å². The van der Waals surface area contributed by atoms with Gasteiger partial charge in [0.05, 0.1) is 0 Å². The Kier molecular flexibility index (Phi) is 3.60. The molecule has 0 nitrogen and oxygen atoms in total. The molecular formula is C24H39P. The lowest BCUT2D eigenvalue weighted by molar-refractivity contribution is 0.0179. The van der Waals surface area contributed by atoms with Crippen molar-refractivity contribution < 1.29 is 0 Å². The van der Waals surface area contributed by atoms with Crippen LogP contribution >= 0.6 is 7.92 Å². The predicted molar refractivity (Wildman–Crippen MR) is 108 cm³/mol. The molecule has 140 valence electrons. The topological polar surface area (TPSA) is 0 Å². The third-order valence-electron chi connectivity index (χ3n) is 10.1. The summed E-state index contributed by atoms with van der Waals surface area (Å²) in [6.45, 7) is 5.24. The van der Waals surface area contributed by atoms with E-state index in [-0.39, 0.29) is 7.92 Å². The molecule has 0 radical (unpaired) electrons. The van der Waals surface area contributed by atoms with E-state index in [1.807, 2.05) is 0 Å². The molecule has 8 fully saturated rings. The first-order chi connectivity index (χ1) is 12.1. The van der Waals surface area contributed by atoms with Gasteiger partial charge in [0.15, 0.2) is 0 Å². The Hall–Kier alpha value is 0.430. The molecule has 0 heterocycles. The summed E-state index contributed by atoms with van der Waals surface area (Å²) in [6.07, 6.45) is 21.3. The van der Waals surface area contributed by atoms with Gasteiger partial charge < -0.3 is 0 Å². The summed E-state index contributed by atoms with van der Waals surface area (Å²) in [4.78, 5) is 0. The van der Waals surface area contributed by atoms with E-state index in [9.17, 15) is 0 Å². The van der Waals surface area contributed by atoms with Gasteiger partial charge in [0.25, 0.3) is 0 Å². The van der Waals surface area contributed by atoms with Crippen LogP contribution < -0.4 is 0 Å². The lowest BCUT2D eigenvalue weighted by Crippen LogP contribution is -2.57. The van der Waals surface area contributed by atoms with Crippen molar-refractivity contribution in [1.82, 2.24) is 0 Å². The van der Waals surface area contributed by atoms with Crippen molar-refractivity contribution in [2.75, 3.05) is 0 Å². The molecule has 8 aliphatic carbocycles. The average molecular weight is 359 g/mol. The molecule has 0 aliphatic heterocycles. The van der Waals surface area contributed by atoms with E-state index in [0.29, 0.717) is 0 Å². The molecule has 8 saturated carbocycles. The van der Waals surface area contributed by atoms with Crippen LogP contribution in [0.1, 0.15) is 97.3 Å². The molecule has 0 amide bonds. The lowest BCUT2D eigenvalue weighted by atomic mass is 9.55. The van der Waals surface area contributed by atoms with Gasteiger partial charge in [-0.2, -0.15) is 0 Å². The smallest absolute Gasteiger partial charge is 0.00791 e. The number of hydrogen-bond acceptors (Lipinski definition) is 0. The summed E-state index contributed by atoms with van der Waals surface area (Å²) in [5.74, 6) is 6.88. The minimum atomic E-state index is 0.230. The molecule has 0 aromatic rings. The Bertz CT molecular complexity index is 434. The largest absolute Gasteiger partial charge is 0.0910 e. The van der Waals surface area contributed by atoms with Crippen LogP contribution in [0.5, 0.6) is 0 Å². The third kappa shape index (κ3) is 2.34. The van der Waals surface area contributed by atoms with Gasteiger partial charge in [-0.3, -0.25) is 0 Å². The lowest BCUT2D eigenvalue weighted by Gasteiger charge is -2.68. The van der Waals surface area contributed by atoms with Crippen molar-refractivity contribution in [2.45, 2.75) is 113 Å². The van der Waals surface area contributed by atoms with Crippen molar-refractivity contribution in [3.8, 4) is 0 Å². The molecule has 8 bridgehead atoms. The van der Waals surface area contributed by atoms with E-state index in [1.165, 1.54) is 6.42 Å². The summed E-state index contributed by atoms with van der Waals surface area (Å²) in [5.41, 5.74) is 1.04. The van der Waals surface area contributed by atoms with Gasteiger partial charge >= 0.3 is 0 Å². The molecule has 0 N–H and O–H groups in total. The van der Waals surface area contributed by atoms with E-state index < -0.39 is 0 Å². The number of hydrogen-bond donors (Lipinski definition) is 0. The highest BCUT2D eigenvalue weighted by atomic mass is 31.1. The minimum absolute atomic E-state index is 0.230. The zero-order chi connectivity index (χ0) is 16.8. The van der Waals surface area contributed by atoms with Crippen LogP contribution in [0.2, 0.25) is 0 Å². The van der Waals surface area contributed by atoms with E-state index in [0.717, 1.165) is 51.5 Å². The SMILES string of the molecule is CCC(C)P(C12CC3CC(CC(C3)C1)C2)C12CC3CC(CC(C3)C1)C2. The normalized spacial score (nSPS) is 57.8. The fourth-order valence-electron chi connectivity index (χ4n) is 10.3. The van der Waals surface area contributed by atoms with Crippen LogP contribution in [-0.4, -0.2) is 16.0 Å². The molecule has 8 rings (SSSR count). The summed E-state index contributed by atoms with van der Waals surface area (Å²) >= 11 is 0. The highest BCUT2D eigenvalue weighted by Gasteiger charge is 2.63. The first-order valence-corrected chi connectivity index (χ1v) is 13.3. The molecule has 25 heavy (non-hydrogen) atoms. The van der Waals surface area contributed by atoms with Crippen LogP contribution in [0.25, 0.3) is 0 Å². The van der Waals surface area contributed by atoms with Crippen molar-refractivity contribution in [3.63, 3.8) is 0 Å². The Balaban J connectivity index is 1.41. The van der Waals surface area contributed by atoms with E-state index in [2.05, 4.69) is 13.8 Å². The molecular weight excluding hydrogens is 319 g/mol. The fourth-order valence-corrected chi connectivity index (χ4v) is 16.3. The summed E-state index contributed by atoms with van der Waals surface area (Å²) < 4.78 is 0. The summed E-state index contributed by atoms with van der Waals surface area (Å²) in [6, 6.07) is 0. The van der Waals surface area contributed by atoms with Crippen LogP contribution in [0.3, 0.4) is 0 Å². The quantitative estimate of drug-likeness (QED) is 0.466. The maximum Gasteiger partial charge on any atom is -0.00791 e. The molecule has 8 aliphatic rings. The second-order valence-electron chi connectivity index (χ2n) is 11.9. The molecule has 0 spiro atoms. The molecule has 1 heteroatoms. The molecule has 0 saturated heterocycles. The predicted octanol–water partition coefficient (Wildman–Crippen LogP) is 7.20.